The lowest BCUT2D eigenvalue weighted by molar-refractivity contribution is -0.134. The molecule has 0 aliphatic heterocycles. The predicted octanol–water partition coefficient (Wildman–Crippen LogP) is 2.33. The maximum atomic E-state index is 11.9. The summed E-state index contributed by atoms with van der Waals surface area (Å²) in [6.45, 7) is 8.60. The lowest BCUT2D eigenvalue weighted by Crippen LogP contribution is -2.34. The molecule has 1 aromatic rings. The van der Waals surface area contributed by atoms with Crippen LogP contribution in [0.15, 0.2) is 18.2 Å². The molecule has 0 fully saturated rings. The Balaban J connectivity index is 2.65. The molecule has 0 N–H and O–H groups in total. The van der Waals surface area contributed by atoms with E-state index in [1.165, 1.54) is 0 Å². The van der Waals surface area contributed by atoms with E-state index in [0.717, 1.165) is 11.1 Å². The summed E-state index contributed by atoms with van der Waals surface area (Å²) in [7, 11) is 0. The SMILES string of the molecule is CCN(CC)C(=O)COC(=O)c1cc(C)ccc1C. The van der Waals surface area contributed by atoms with Crippen LogP contribution in [0.2, 0.25) is 0 Å². The van der Waals surface area contributed by atoms with Crippen LogP contribution in [0.5, 0.6) is 0 Å². The van der Waals surface area contributed by atoms with Gasteiger partial charge in [-0.05, 0) is 39.3 Å². The number of hydrogen-bond donors (Lipinski definition) is 0. The number of esters is 1. The third-order valence-electron chi connectivity index (χ3n) is 3.06. The molecule has 0 aliphatic carbocycles. The fourth-order valence-corrected chi connectivity index (χ4v) is 1.83. The highest BCUT2D eigenvalue weighted by atomic mass is 16.5. The molecule has 0 aliphatic rings. The van der Waals surface area contributed by atoms with Crippen LogP contribution >= 0.6 is 0 Å². The molecule has 104 valence electrons. The van der Waals surface area contributed by atoms with E-state index in [2.05, 4.69) is 0 Å². The fraction of sp³-hybridized carbons (Fsp3) is 0.467. The van der Waals surface area contributed by atoms with E-state index in [4.69, 9.17) is 4.74 Å². The summed E-state index contributed by atoms with van der Waals surface area (Å²) in [4.78, 5) is 25.3. The Bertz CT molecular complexity index is 464. The Morgan fingerprint density at radius 1 is 1.16 bits per heavy atom. The Morgan fingerprint density at radius 3 is 2.37 bits per heavy atom. The third kappa shape index (κ3) is 4.09. The highest BCUT2D eigenvalue weighted by molar-refractivity contribution is 5.92. The Kier molecular flexibility index (Phi) is 5.55. The second kappa shape index (κ2) is 6.92. The van der Waals surface area contributed by atoms with Crippen LogP contribution in [0.4, 0.5) is 0 Å². The first-order valence-corrected chi connectivity index (χ1v) is 6.51. The van der Waals surface area contributed by atoms with Crippen molar-refractivity contribution in [2.45, 2.75) is 27.7 Å². The zero-order valence-corrected chi connectivity index (χ0v) is 12.0. The Hall–Kier alpha value is -1.84. The summed E-state index contributed by atoms with van der Waals surface area (Å²) in [5.74, 6) is -0.606. The van der Waals surface area contributed by atoms with Crippen LogP contribution in [0, 0.1) is 13.8 Å². The molecule has 0 atom stereocenters. The first-order valence-electron chi connectivity index (χ1n) is 6.51. The van der Waals surface area contributed by atoms with E-state index in [-0.39, 0.29) is 12.5 Å². The molecule has 0 aromatic heterocycles. The quantitative estimate of drug-likeness (QED) is 0.766. The lowest BCUT2D eigenvalue weighted by atomic mass is 10.1. The van der Waals surface area contributed by atoms with E-state index >= 15 is 0 Å². The molecule has 0 saturated carbocycles. The molecule has 0 unspecified atom stereocenters. The number of amides is 1. The van der Waals surface area contributed by atoms with E-state index in [1.54, 1.807) is 11.0 Å². The van der Waals surface area contributed by atoms with Gasteiger partial charge in [-0.3, -0.25) is 4.79 Å². The van der Waals surface area contributed by atoms with E-state index < -0.39 is 5.97 Å². The molecular weight excluding hydrogens is 242 g/mol. The molecule has 1 amide bonds. The number of rotatable bonds is 5. The van der Waals surface area contributed by atoms with Crippen molar-refractivity contribution in [2.75, 3.05) is 19.7 Å². The first kappa shape index (κ1) is 15.2. The van der Waals surface area contributed by atoms with Crippen molar-refractivity contribution in [3.05, 3.63) is 34.9 Å². The maximum absolute atomic E-state index is 11.9. The van der Waals surface area contributed by atoms with Gasteiger partial charge in [-0.25, -0.2) is 4.79 Å². The highest BCUT2D eigenvalue weighted by Gasteiger charge is 2.15. The summed E-state index contributed by atoms with van der Waals surface area (Å²) >= 11 is 0. The van der Waals surface area contributed by atoms with Crippen molar-refractivity contribution >= 4 is 11.9 Å². The van der Waals surface area contributed by atoms with E-state index in [0.29, 0.717) is 18.7 Å². The minimum Gasteiger partial charge on any atom is -0.452 e. The highest BCUT2D eigenvalue weighted by Crippen LogP contribution is 2.12. The van der Waals surface area contributed by atoms with Crippen LogP contribution in [-0.2, 0) is 9.53 Å². The average Bonchev–Trinajstić information content (AvgIpc) is 2.40. The monoisotopic (exact) mass is 263 g/mol. The number of benzene rings is 1. The van der Waals surface area contributed by atoms with Crippen LogP contribution in [-0.4, -0.2) is 36.5 Å². The van der Waals surface area contributed by atoms with Gasteiger partial charge in [-0.1, -0.05) is 17.7 Å². The number of carbonyl (C=O) groups is 2. The normalized spacial score (nSPS) is 10.1. The zero-order valence-electron chi connectivity index (χ0n) is 12.0. The first-order chi connectivity index (χ1) is 8.99. The molecule has 4 nitrogen and oxygen atoms in total. The van der Waals surface area contributed by atoms with Gasteiger partial charge < -0.3 is 9.64 Å². The van der Waals surface area contributed by atoms with Crippen LogP contribution in [0.3, 0.4) is 0 Å². The van der Waals surface area contributed by atoms with Crippen LogP contribution in [0.25, 0.3) is 0 Å². The zero-order chi connectivity index (χ0) is 14.4. The van der Waals surface area contributed by atoms with Gasteiger partial charge in [0, 0.05) is 13.1 Å². The van der Waals surface area contributed by atoms with Gasteiger partial charge >= 0.3 is 5.97 Å². The number of hydrogen-bond acceptors (Lipinski definition) is 3. The summed E-state index contributed by atoms with van der Waals surface area (Å²) in [6, 6.07) is 5.59. The molecular formula is C15H21NO3. The van der Waals surface area contributed by atoms with Crippen molar-refractivity contribution in [1.82, 2.24) is 4.90 Å². The molecule has 0 radical (unpaired) electrons. The van der Waals surface area contributed by atoms with E-state index in [9.17, 15) is 9.59 Å². The number of carbonyl (C=O) groups excluding carboxylic acids is 2. The summed E-state index contributed by atoms with van der Waals surface area (Å²) in [6.07, 6.45) is 0. The van der Waals surface area contributed by atoms with Crippen molar-refractivity contribution < 1.29 is 14.3 Å². The largest absolute Gasteiger partial charge is 0.452 e. The second-order valence-corrected chi connectivity index (χ2v) is 4.46. The van der Waals surface area contributed by atoms with Crippen LogP contribution < -0.4 is 0 Å². The average molecular weight is 263 g/mol. The molecule has 1 aromatic carbocycles. The van der Waals surface area contributed by atoms with Crippen molar-refractivity contribution in [1.29, 1.82) is 0 Å². The number of aryl methyl sites for hydroxylation is 2. The van der Waals surface area contributed by atoms with Gasteiger partial charge in [-0.15, -0.1) is 0 Å². The smallest absolute Gasteiger partial charge is 0.338 e. The molecule has 0 heterocycles. The van der Waals surface area contributed by atoms with Crippen molar-refractivity contribution in [3.8, 4) is 0 Å². The van der Waals surface area contributed by atoms with Gasteiger partial charge in [0.05, 0.1) is 5.56 Å². The van der Waals surface area contributed by atoms with Crippen molar-refractivity contribution in [2.24, 2.45) is 0 Å². The van der Waals surface area contributed by atoms with Crippen LogP contribution in [0.1, 0.15) is 35.3 Å². The molecule has 0 spiro atoms. The fourth-order valence-electron chi connectivity index (χ4n) is 1.83. The molecule has 0 saturated heterocycles. The number of ether oxygens (including phenoxy) is 1. The minimum atomic E-state index is -0.443. The number of likely N-dealkylation sites (N-methyl/N-ethyl adjacent to an activating group) is 1. The van der Waals surface area contributed by atoms with Gasteiger partial charge in [0.1, 0.15) is 0 Å². The standard InChI is InChI=1S/C15H21NO3/c1-5-16(6-2)14(17)10-19-15(18)13-9-11(3)7-8-12(13)4/h7-9H,5-6,10H2,1-4H3. The Labute approximate surface area is 114 Å². The summed E-state index contributed by atoms with van der Waals surface area (Å²) < 4.78 is 5.08. The van der Waals surface area contributed by atoms with Gasteiger partial charge in [0.25, 0.3) is 5.91 Å². The topological polar surface area (TPSA) is 46.6 Å². The van der Waals surface area contributed by atoms with Gasteiger partial charge in [0.2, 0.25) is 0 Å². The Morgan fingerprint density at radius 2 is 1.79 bits per heavy atom. The minimum absolute atomic E-state index is 0.163. The van der Waals surface area contributed by atoms with E-state index in [1.807, 2.05) is 39.8 Å². The van der Waals surface area contributed by atoms with Gasteiger partial charge in [-0.2, -0.15) is 0 Å². The summed E-state index contributed by atoms with van der Waals surface area (Å²) in [5, 5.41) is 0. The molecule has 19 heavy (non-hydrogen) atoms. The molecule has 4 heteroatoms. The second-order valence-electron chi connectivity index (χ2n) is 4.46. The molecule has 0 bridgehead atoms. The van der Waals surface area contributed by atoms with Crippen molar-refractivity contribution in [3.63, 3.8) is 0 Å². The third-order valence-corrected chi connectivity index (χ3v) is 3.06. The maximum Gasteiger partial charge on any atom is 0.338 e. The number of nitrogens with zero attached hydrogens (tertiary/aromatic N) is 1. The predicted molar refractivity (Wildman–Crippen MR) is 74.1 cm³/mol. The summed E-state index contributed by atoms with van der Waals surface area (Å²) in [5.41, 5.74) is 2.37. The molecule has 1 rings (SSSR count). The lowest BCUT2D eigenvalue weighted by Gasteiger charge is -2.18. The van der Waals surface area contributed by atoms with Gasteiger partial charge in [0.15, 0.2) is 6.61 Å².